The van der Waals surface area contributed by atoms with Crippen molar-refractivity contribution in [2.24, 2.45) is 0 Å². The maximum absolute atomic E-state index is 12.5. The van der Waals surface area contributed by atoms with Crippen LogP contribution in [0.25, 0.3) is 0 Å². The Morgan fingerprint density at radius 3 is 2.50 bits per heavy atom. The normalized spacial score (nSPS) is 20.1. The zero-order chi connectivity index (χ0) is 20.6. The van der Waals surface area contributed by atoms with Gasteiger partial charge in [0.25, 0.3) is 5.91 Å². The van der Waals surface area contributed by atoms with Gasteiger partial charge in [-0.05, 0) is 37.7 Å². The SMILES string of the molecule is O=C1CCC2(CCN(c3nc(CCc4ccccc4)nc4c3CCNC4=O)CC2)N1. The molecular weight excluding hydrogens is 378 g/mol. The molecular formula is C23H27N5O2. The summed E-state index contributed by atoms with van der Waals surface area (Å²) in [6.07, 6.45) is 5.69. The summed E-state index contributed by atoms with van der Waals surface area (Å²) in [6.45, 7) is 2.30. The molecule has 3 aliphatic heterocycles. The summed E-state index contributed by atoms with van der Waals surface area (Å²) in [7, 11) is 0. The minimum Gasteiger partial charge on any atom is -0.356 e. The number of anilines is 1. The standard InChI is InChI=1S/C23H27N5O2/c29-19-8-10-23(27-19)11-14-28(15-12-23)21-17-9-13-24-22(30)20(17)25-18(26-21)7-6-16-4-2-1-3-5-16/h1-5H,6-15H2,(H,24,30)(H,27,29). The number of nitrogens with one attached hydrogen (secondary N) is 2. The Kier molecular flexibility index (Phi) is 4.89. The van der Waals surface area contributed by atoms with E-state index in [2.05, 4.69) is 32.7 Å². The molecule has 0 atom stereocenters. The number of carbonyl (C=O) groups excluding carboxylic acids is 2. The van der Waals surface area contributed by atoms with Gasteiger partial charge in [-0.1, -0.05) is 30.3 Å². The topological polar surface area (TPSA) is 87.2 Å². The minimum atomic E-state index is -0.0996. The molecule has 0 radical (unpaired) electrons. The second kappa shape index (κ2) is 7.70. The molecule has 2 N–H and O–H groups in total. The van der Waals surface area contributed by atoms with E-state index in [4.69, 9.17) is 4.98 Å². The third-order valence-corrected chi connectivity index (χ3v) is 6.64. The van der Waals surface area contributed by atoms with Gasteiger partial charge in [-0.15, -0.1) is 0 Å². The van der Waals surface area contributed by atoms with E-state index in [-0.39, 0.29) is 17.4 Å². The van der Waals surface area contributed by atoms with Gasteiger partial charge < -0.3 is 15.5 Å². The van der Waals surface area contributed by atoms with Crippen molar-refractivity contribution in [3.63, 3.8) is 0 Å². The number of carbonyl (C=O) groups is 2. The van der Waals surface area contributed by atoms with Gasteiger partial charge in [-0.25, -0.2) is 9.97 Å². The van der Waals surface area contributed by atoms with Crippen LogP contribution in [-0.2, 0) is 24.1 Å². The first kappa shape index (κ1) is 19.0. The van der Waals surface area contributed by atoms with E-state index in [1.165, 1.54) is 5.56 Å². The molecule has 7 nitrogen and oxygen atoms in total. The number of aromatic nitrogens is 2. The number of amides is 2. The van der Waals surface area contributed by atoms with Crippen LogP contribution in [0.5, 0.6) is 0 Å². The van der Waals surface area contributed by atoms with E-state index in [0.29, 0.717) is 25.1 Å². The van der Waals surface area contributed by atoms with Crippen LogP contribution in [0.2, 0.25) is 0 Å². The van der Waals surface area contributed by atoms with Crippen molar-refractivity contribution in [3.05, 3.63) is 53.0 Å². The summed E-state index contributed by atoms with van der Waals surface area (Å²) in [5.41, 5.74) is 2.69. The molecule has 30 heavy (non-hydrogen) atoms. The van der Waals surface area contributed by atoms with E-state index in [9.17, 15) is 9.59 Å². The van der Waals surface area contributed by atoms with Crippen molar-refractivity contribution >= 4 is 17.6 Å². The first-order valence-corrected chi connectivity index (χ1v) is 10.9. The van der Waals surface area contributed by atoms with E-state index in [1.807, 2.05) is 18.2 Å². The molecule has 1 aromatic heterocycles. The Morgan fingerprint density at radius 2 is 1.77 bits per heavy atom. The van der Waals surface area contributed by atoms with Gasteiger partial charge in [-0.2, -0.15) is 0 Å². The van der Waals surface area contributed by atoms with Crippen LogP contribution in [0.3, 0.4) is 0 Å². The number of piperidine rings is 1. The minimum absolute atomic E-state index is 0.0474. The van der Waals surface area contributed by atoms with Crippen LogP contribution in [0.15, 0.2) is 30.3 Å². The van der Waals surface area contributed by atoms with E-state index in [1.54, 1.807) is 0 Å². The zero-order valence-corrected chi connectivity index (χ0v) is 17.1. The Balaban J connectivity index is 1.40. The highest BCUT2D eigenvalue weighted by molar-refractivity contribution is 5.96. The van der Waals surface area contributed by atoms with Crippen molar-refractivity contribution in [1.29, 1.82) is 0 Å². The van der Waals surface area contributed by atoms with E-state index < -0.39 is 0 Å². The van der Waals surface area contributed by atoms with Gasteiger partial charge in [0.05, 0.1) is 0 Å². The van der Waals surface area contributed by atoms with Gasteiger partial charge in [0.15, 0.2) is 0 Å². The fraction of sp³-hybridized carbons (Fsp3) is 0.478. The molecule has 5 rings (SSSR count). The van der Waals surface area contributed by atoms with E-state index >= 15 is 0 Å². The Hall–Kier alpha value is -2.96. The summed E-state index contributed by atoms with van der Waals surface area (Å²) in [5.74, 6) is 1.70. The maximum Gasteiger partial charge on any atom is 0.270 e. The van der Waals surface area contributed by atoms with Crippen molar-refractivity contribution in [3.8, 4) is 0 Å². The predicted octanol–water partition coefficient (Wildman–Crippen LogP) is 1.80. The Bertz CT molecular complexity index is 967. The van der Waals surface area contributed by atoms with Crippen LogP contribution < -0.4 is 15.5 Å². The fourth-order valence-electron chi connectivity index (χ4n) is 4.89. The van der Waals surface area contributed by atoms with Gasteiger partial charge in [0, 0.05) is 43.6 Å². The van der Waals surface area contributed by atoms with Crippen LogP contribution in [0.1, 0.15) is 53.1 Å². The number of fused-ring (bicyclic) bond motifs is 1. The van der Waals surface area contributed by atoms with Gasteiger partial charge in [0.2, 0.25) is 5.91 Å². The summed E-state index contributed by atoms with van der Waals surface area (Å²) >= 11 is 0. The van der Waals surface area contributed by atoms with Crippen LogP contribution in [-0.4, -0.2) is 47.0 Å². The monoisotopic (exact) mass is 405 g/mol. The number of hydrogen-bond donors (Lipinski definition) is 2. The molecule has 2 saturated heterocycles. The lowest BCUT2D eigenvalue weighted by Gasteiger charge is -2.40. The Labute approximate surface area is 176 Å². The molecule has 156 valence electrons. The van der Waals surface area contributed by atoms with Crippen molar-refractivity contribution in [1.82, 2.24) is 20.6 Å². The highest BCUT2D eigenvalue weighted by Gasteiger charge is 2.41. The van der Waals surface area contributed by atoms with Crippen LogP contribution >= 0.6 is 0 Å². The lowest BCUT2D eigenvalue weighted by molar-refractivity contribution is -0.119. The lowest BCUT2D eigenvalue weighted by Crippen LogP contribution is -2.51. The first-order valence-electron chi connectivity index (χ1n) is 10.9. The number of aryl methyl sites for hydroxylation is 2. The third-order valence-electron chi connectivity index (χ3n) is 6.64. The van der Waals surface area contributed by atoms with Crippen molar-refractivity contribution in [2.45, 2.75) is 50.5 Å². The highest BCUT2D eigenvalue weighted by atomic mass is 16.2. The smallest absolute Gasteiger partial charge is 0.270 e. The highest BCUT2D eigenvalue weighted by Crippen LogP contribution is 2.34. The molecule has 0 aliphatic carbocycles. The quantitative estimate of drug-likeness (QED) is 0.810. The fourth-order valence-corrected chi connectivity index (χ4v) is 4.89. The average molecular weight is 406 g/mol. The molecule has 1 aromatic carbocycles. The van der Waals surface area contributed by atoms with Crippen molar-refractivity contribution in [2.75, 3.05) is 24.5 Å². The van der Waals surface area contributed by atoms with Crippen molar-refractivity contribution < 1.29 is 9.59 Å². The molecule has 0 saturated carbocycles. The van der Waals surface area contributed by atoms with Gasteiger partial charge >= 0.3 is 0 Å². The third kappa shape index (κ3) is 3.64. The number of hydrogen-bond acceptors (Lipinski definition) is 5. The molecule has 2 amide bonds. The van der Waals surface area contributed by atoms with Crippen LogP contribution in [0, 0.1) is 0 Å². The number of nitrogens with zero attached hydrogens (tertiary/aromatic N) is 3. The number of benzene rings is 1. The molecule has 2 fully saturated rings. The maximum atomic E-state index is 12.5. The largest absolute Gasteiger partial charge is 0.356 e. The van der Waals surface area contributed by atoms with Gasteiger partial charge in [-0.3, -0.25) is 9.59 Å². The summed E-state index contributed by atoms with van der Waals surface area (Å²) < 4.78 is 0. The van der Waals surface area contributed by atoms with Crippen LogP contribution in [0.4, 0.5) is 5.82 Å². The van der Waals surface area contributed by atoms with Gasteiger partial charge in [0.1, 0.15) is 17.3 Å². The summed E-state index contributed by atoms with van der Waals surface area (Å²) in [6, 6.07) is 10.3. The molecule has 0 bridgehead atoms. The second-order valence-corrected chi connectivity index (χ2v) is 8.60. The lowest BCUT2D eigenvalue weighted by atomic mass is 9.86. The molecule has 2 aromatic rings. The predicted molar refractivity (Wildman–Crippen MR) is 113 cm³/mol. The molecule has 7 heteroatoms. The molecule has 0 unspecified atom stereocenters. The first-order chi connectivity index (χ1) is 14.6. The molecule has 4 heterocycles. The molecule has 1 spiro atoms. The average Bonchev–Trinajstić information content (AvgIpc) is 3.13. The van der Waals surface area contributed by atoms with E-state index in [0.717, 1.165) is 62.4 Å². The summed E-state index contributed by atoms with van der Waals surface area (Å²) in [5, 5.41) is 6.12. The Morgan fingerprint density at radius 1 is 0.967 bits per heavy atom. The summed E-state index contributed by atoms with van der Waals surface area (Å²) in [4.78, 5) is 36.1. The number of rotatable bonds is 4. The second-order valence-electron chi connectivity index (χ2n) is 8.60. The zero-order valence-electron chi connectivity index (χ0n) is 17.1. The molecule has 3 aliphatic rings.